The van der Waals surface area contributed by atoms with E-state index in [2.05, 4.69) is 34.3 Å². The van der Waals surface area contributed by atoms with Crippen LogP contribution in [0.4, 0.5) is 0 Å². The molecule has 0 spiro atoms. The Balaban J connectivity index is 1.64. The van der Waals surface area contributed by atoms with Crippen LogP contribution in [0.1, 0.15) is 5.56 Å². The summed E-state index contributed by atoms with van der Waals surface area (Å²) in [6.45, 7) is 0. The van der Waals surface area contributed by atoms with Crippen LogP contribution in [0.3, 0.4) is 0 Å². The molecule has 100 valence electrons. The van der Waals surface area contributed by atoms with Gasteiger partial charge in [-0.3, -0.25) is 0 Å². The first-order valence-electron chi connectivity index (χ1n) is 6.31. The van der Waals surface area contributed by atoms with E-state index in [0.717, 1.165) is 27.0 Å². The van der Waals surface area contributed by atoms with E-state index in [4.69, 9.17) is 11.6 Å². The normalized spacial score (nSPS) is 11.4. The van der Waals surface area contributed by atoms with Gasteiger partial charge in [-0.25, -0.2) is 4.98 Å². The largest absolute Gasteiger partial charge is 0.333 e. The molecule has 0 saturated heterocycles. The van der Waals surface area contributed by atoms with Crippen LogP contribution < -0.4 is 0 Å². The van der Waals surface area contributed by atoms with E-state index in [1.54, 1.807) is 11.8 Å². The molecule has 2 nitrogen and oxygen atoms in total. The third-order valence-corrected chi connectivity index (χ3v) is 3.91. The van der Waals surface area contributed by atoms with Gasteiger partial charge in [-0.15, -0.1) is 0 Å². The number of halogens is 1. The highest BCUT2D eigenvalue weighted by atomic mass is 35.5. The molecule has 0 aliphatic heterocycles. The smallest absolute Gasteiger partial charge is 0.166 e. The number of hydrogen-bond acceptors (Lipinski definition) is 2. The number of rotatable bonds is 4. The predicted molar refractivity (Wildman–Crippen MR) is 87.3 cm³/mol. The van der Waals surface area contributed by atoms with Crippen molar-refractivity contribution in [2.24, 2.45) is 0 Å². The second kappa shape index (κ2) is 6.16. The molecule has 0 atom stereocenters. The fourth-order valence-electron chi connectivity index (χ4n) is 1.90. The van der Waals surface area contributed by atoms with E-state index in [-0.39, 0.29) is 0 Å². The number of thioether (sulfide) groups is 1. The zero-order valence-electron chi connectivity index (χ0n) is 10.7. The Hall–Kier alpha value is -1.71. The van der Waals surface area contributed by atoms with Gasteiger partial charge in [-0.1, -0.05) is 65.8 Å². The van der Waals surface area contributed by atoms with Gasteiger partial charge < -0.3 is 4.98 Å². The zero-order chi connectivity index (χ0) is 13.8. The van der Waals surface area contributed by atoms with Crippen LogP contribution in [0.15, 0.2) is 59.8 Å². The highest BCUT2D eigenvalue weighted by molar-refractivity contribution is 7.99. The van der Waals surface area contributed by atoms with Gasteiger partial charge in [-0.2, -0.15) is 0 Å². The van der Waals surface area contributed by atoms with Gasteiger partial charge in [0.1, 0.15) is 0 Å². The summed E-state index contributed by atoms with van der Waals surface area (Å²) in [5, 5.41) is 1.64. The Labute approximate surface area is 126 Å². The number of benzene rings is 2. The van der Waals surface area contributed by atoms with Gasteiger partial charge in [-0.05, 0) is 23.8 Å². The number of aromatic amines is 1. The third-order valence-electron chi connectivity index (χ3n) is 2.85. The van der Waals surface area contributed by atoms with Crippen LogP contribution in [0.25, 0.3) is 17.1 Å². The Morgan fingerprint density at radius 2 is 2.00 bits per heavy atom. The molecular weight excluding hydrogens is 288 g/mol. The van der Waals surface area contributed by atoms with Crippen molar-refractivity contribution in [2.75, 3.05) is 5.75 Å². The molecule has 0 fully saturated rings. The molecule has 0 bridgehead atoms. The summed E-state index contributed by atoms with van der Waals surface area (Å²) in [6.07, 6.45) is 4.26. The van der Waals surface area contributed by atoms with E-state index in [0.29, 0.717) is 0 Å². The minimum absolute atomic E-state index is 0.724. The Kier molecular flexibility index (Phi) is 4.09. The molecule has 0 aliphatic carbocycles. The van der Waals surface area contributed by atoms with E-state index in [1.807, 2.05) is 36.4 Å². The van der Waals surface area contributed by atoms with Crippen molar-refractivity contribution in [1.29, 1.82) is 0 Å². The maximum Gasteiger partial charge on any atom is 0.166 e. The fraction of sp³-hybridized carbons (Fsp3) is 0.0625. The molecule has 2 aromatic carbocycles. The molecule has 0 aliphatic rings. The average Bonchev–Trinajstić information content (AvgIpc) is 2.86. The Bertz CT molecular complexity index is 735. The first-order valence-corrected chi connectivity index (χ1v) is 7.67. The number of hydrogen-bond donors (Lipinski definition) is 1. The van der Waals surface area contributed by atoms with Crippen LogP contribution in [0, 0.1) is 0 Å². The maximum absolute atomic E-state index is 5.96. The van der Waals surface area contributed by atoms with Crippen molar-refractivity contribution in [2.45, 2.75) is 5.16 Å². The standard InChI is InChI=1S/C16H13ClN2S/c17-13-8-9-14-15(11-13)19-16(18-14)20-10-4-7-12-5-2-1-3-6-12/h1-9,11H,10H2,(H,18,19). The van der Waals surface area contributed by atoms with Gasteiger partial charge in [0.15, 0.2) is 5.16 Å². The predicted octanol–water partition coefficient (Wildman–Crippen LogP) is 5.02. The number of aromatic nitrogens is 2. The summed E-state index contributed by atoms with van der Waals surface area (Å²) in [5.74, 6) is 0.877. The van der Waals surface area contributed by atoms with Crippen molar-refractivity contribution in [3.63, 3.8) is 0 Å². The third kappa shape index (κ3) is 3.24. The number of fused-ring (bicyclic) bond motifs is 1. The van der Waals surface area contributed by atoms with Crippen LogP contribution in [-0.2, 0) is 0 Å². The topological polar surface area (TPSA) is 28.7 Å². The Morgan fingerprint density at radius 1 is 1.15 bits per heavy atom. The Morgan fingerprint density at radius 3 is 2.85 bits per heavy atom. The van der Waals surface area contributed by atoms with Crippen molar-refractivity contribution >= 4 is 40.5 Å². The summed E-state index contributed by atoms with van der Waals surface area (Å²) >= 11 is 7.63. The molecule has 0 unspecified atom stereocenters. The highest BCUT2D eigenvalue weighted by Gasteiger charge is 2.02. The summed E-state index contributed by atoms with van der Waals surface area (Å²) in [4.78, 5) is 7.78. The second-order valence-corrected chi connectivity index (χ2v) is 5.77. The molecule has 0 radical (unpaired) electrons. The van der Waals surface area contributed by atoms with Crippen LogP contribution in [0.5, 0.6) is 0 Å². The van der Waals surface area contributed by atoms with Crippen molar-refractivity contribution < 1.29 is 0 Å². The quantitative estimate of drug-likeness (QED) is 0.685. The monoisotopic (exact) mass is 300 g/mol. The van der Waals surface area contributed by atoms with Crippen LogP contribution >= 0.6 is 23.4 Å². The van der Waals surface area contributed by atoms with E-state index in [9.17, 15) is 0 Å². The average molecular weight is 301 g/mol. The molecular formula is C16H13ClN2S. The zero-order valence-corrected chi connectivity index (χ0v) is 12.3. The molecule has 3 rings (SSSR count). The lowest BCUT2D eigenvalue weighted by Gasteiger charge is -1.92. The van der Waals surface area contributed by atoms with Gasteiger partial charge in [0.25, 0.3) is 0 Å². The molecule has 1 aromatic heterocycles. The molecule has 1 N–H and O–H groups in total. The molecule has 1 heterocycles. The number of nitrogens with one attached hydrogen (secondary N) is 1. The summed E-state index contributed by atoms with van der Waals surface area (Å²) < 4.78 is 0. The minimum Gasteiger partial charge on any atom is -0.333 e. The molecule has 20 heavy (non-hydrogen) atoms. The highest BCUT2D eigenvalue weighted by Crippen LogP contribution is 2.22. The fourth-order valence-corrected chi connectivity index (χ4v) is 2.77. The van der Waals surface area contributed by atoms with Gasteiger partial charge in [0.05, 0.1) is 11.0 Å². The van der Waals surface area contributed by atoms with Crippen molar-refractivity contribution in [3.8, 4) is 0 Å². The lowest BCUT2D eigenvalue weighted by Crippen LogP contribution is -1.76. The van der Waals surface area contributed by atoms with Crippen molar-refractivity contribution in [1.82, 2.24) is 9.97 Å². The number of nitrogens with zero attached hydrogens (tertiary/aromatic N) is 1. The minimum atomic E-state index is 0.724. The molecule has 0 amide bonds. The molecule has 4 heteroatoms. The first-order chi connectivity index (χ1) is 9.81. The van der Waals surface area contributed by atoms with Gasteiger partial charge in [0.2, 0.25) is 0 Å². The van der Waals surface area contributed by atoms with E-state index in [1.165, 1.54) is 5.56 Å². The van der Waals surface area contributed by atoms with Crippen molar-refractivity contribution in [3.05, 3.63) is 65.2 Å². The lowest BCUT2D eigenvalue weighted by molar-refractivity contribution is 1.08. The SMILES string of the molecule is Clc1ccc2nc(SCC=Cc3ccccc3)[nH]c2c1. The summed E-state index contributed by atoms with van der Waals surface area (Å²) in [5.41, 5.74) is 3.14. The van der Waals surface area contributed by atoms with Gasteiger partial charge >= 0.3 is 0 Å². The van der Waals surface area contributed by atoms with Crippen LogP contribution in [0.2, 0.25) is 5.02 Å². The van der Waals surface area contributed by atoms with E-state index >= 15 is 0 Å². The number of imidazole rings is 1. The lowest BCUT2D eigenvalue weighted by atomic mass is 10.2. The maximum atomic E-state index is 5.96. The number of H-pyrrole nitrogens is 1. The first kappa shape index (κ1) is 13.3. The summed E-state index contributed by atoms with van der Waals surface area (Å²) in [6, 6.07) is 16.0. The molecule has 3 aromatic rings. The van der Waals surface area contributed by atoms with Gasteiger partial charge in [0, 0.05) is 10.8 Å². The summed E-state index contributed by atoms with van der Waals surface area (Å²) in [7, 11) is 0. The molecule has 0 saturated carbocycles. The van der Waals surface area contributed by atoms with E-state index < -0.39 is 0 Å². The second-order valence-electron chi connectivity index (χ2n) is 4.33. The van der Waals surface area contributed by atoms with Crippen LogP contribution in [-0.4, -0.2) is 15.7 Å².